The quantitative estimate of drug-likeness (QED) is 0.204. The number of piperidine rings is 1. The zero-order chi connectivity index (χ0) is 31.3. The van der Waals surface area contributed by atoms with Crippen LogP contribution in [0.3, 0.4) is 0 Å². The van der Waals surface area contributed by atoms with Gasteiger partial charge in [0, 0.05) is 57.2 Å². The number of aliphatic hydroxyl groups excluding tert-OH is 1. The first-order valence-electron chi connectivity index (χ1n) is 17.3. The highest BCUT2D eigenvalue weighted by molar-refractivity contribution is 5.87. The van der Waals surface area contributed by atoms with Gasteiger partial charge in [-0.3, -0.25) is 20.3 Å². The highest BCUT2D eigenvalue weighted by Gasteiger charge is 2.55. The maximum absolute atomic E-state index is 12.7. The normalized spacial score (nSPS) is 35.8. The maximum atomic E-state index is 12.7. The Bertz CT molecular complexity index is 1020. The number of nitrogens with zero attached hydrogens (tertiary/aromatic N) is 3. The molecule has 0 radical (unpaired) electrons. The first-order chi connectivity index (χ1) is 21.2. The van der Waals surface area contributed by atoms with Gasteiger partial charge in [-0.2, -0.15) is 0 Å². The number of aliphatic hydroxyl groups is 2. The zero-order valence-electron chi connectivity index (χ0n) is 27.3. The van der Waals surface area contributed by atoms with Gasteiger partial charge in [0.05, 0.1) is 37.2 Å². The van der Waals surface area contributed by atoms with Crippen molar-refractivity contribution < 1.29 is 19.7 Å². The van der Waals surface area contributed by atoms with Crippen molar-refractivity contribution in [1.29, 1.82) is 0 Å². The molecule has 0 aromatic heterocycles. The Morgan fingerprint density at radius 2 is 1.75 bits per heavy atom. The van der Waals surface area contributed by atoms with Crippen LogP contribution in [0.5, 0.6) is 0 Å². The van der Waals surface area contributed by atoms with Crippen LogP contribution in [0.25, 0.3) is 0 Å². The number of carbonyl (C=O) groups is 1. The van der Waals surface area contributed by atoms with Crippen LogP contribution in [0.4, 0.5) is 0 Å². The van der Waals surface area contributed by atoms with Gasteiger partial charge in [-0.05, 0) is 71.4 Å². The van der Waals surface area contributed by atoms with Gasteiger partial charge in [-0.25, -0.2) is 0 Å². The fraction of sp³-hybridized carbons (Fsp3) is 0.853. The van der Waals surface area contributed by atoms with E-state index in [0.29, 0.717) is 57.3 Å². The molecule has 5 fully saturated rings. The van der Waals surface area contributed by atoms with Gasteiger partial charge in [0.15, 0.2) is 0 Å². The Balaban J connectivity index is 1.31. The van der Waals surface area contributed by atoms with Gasteiger partial charge in [0.2, 0.25) is 5.91 Å². The number of nitrogens with one attached hydrogen (secondary N) is 2. The van der Waals surface area contributed by atoms with Crippen LogP contribution in [-0.4, -0.2) is 120 Å². The molecule has 6 atom stereocenters. The first kappa shape index (κ1) is 33.8. The summed E-state index contributed by atoms with van der Waals surface area (Å²) in [6.45, 7) is 4.37. The smallest absolute Gasteiger partial charge is 0.246 e. The Kier molecular flexibility index (Phi) is 11.8. The molecule has 6 N–H and O–H groups in total. The highest BCUT2D eigenvalue weighted by Crippen LogP contribution is 2.47. The molecule has 3 saturated heterocycles. The molecule has 44 heavy (non-hydrogen) atoms. The van der Waals surface area contributed by atoms with Gasteiger partial charge >= 0.3 is 0 Å². The van der Waals surface area contributed by atoms with Crippen molar-refractivity contribution in [1.82, 2.24) is 25.3 Å². The monoisotopic (exact) mass is 614 g/mol. The van der Waals surface area contributed by atoms with Crippen LogP contribution in [0.1, 0.15) is 77.6 Å². The summed E-state index contributed by atoms with van der Waals surface area (Å²) >= 11 is 0. The molecule has 2 aliphatic carbocycles. The molecule has 3 aliphatic heterocycles. The topological polar surface area (TPSA) is 127 Å². The lowest BCUT2D eigenvalue weighted by molar-refractivity contribution is -0.128. The number of hydrogen-bond donors (Lipinski definition) is 5. The van der Waals surface area contributed by atoms with Crippen molar-refractivity contribution >= 4 is 5.91 Å². The lowest BCUT2D eigenvalue weighted by Gasteiger charge is -2.41. The second-order valence-electron chi connectivity index (χ2n) is 14.4. The molecule has 2 saturated carbocycles. The fourth-order valence-corrected chi connectivity index (χ4v) is 8.45. The van der Waals surface area contributed by atoms with Crippen LogP contribution >= 0.6 is 0 Å². The van der Waals surface area contributed by atoms with E-state index in [0.717, 1.165) is 25.7 Å². The van der Waals surface area contributed by atoms with Crippen molar-refractivity contribution in [3.63, 3.8) is 0 Å². The van der Waals surface area contributed by atoms with E-state index in [1.54, 1.807) is 11.0 Å². The van der Waals surface area contributed by atoms with E-state index >= 15 is 0 Å². The van der Waals surface area contributed by atoms with Gasteiger partial charge in [-0.1, -0.05) is 37.2 Å². The van der Waals surface area contributed by atoms with Crippen LogP contribution in [-0.2, 0) is 9.53 Å². The molecule has 0 aromatic rings. The summed E-state index contributed by atoms with van der Waals surface area (Å²) in [5.41, 5.74) is 5.64. The SMILES string of the molecule is CC(CO)N1C(C#CC2(O)CCN(C(=O)/C=C/CN(C)C)CC2)C(C2CCC(OC3CCCCC3)CC2)C2C(N)NCNC21. The number of rotatable bonds is 8. The molecule has 1 amide bonds. The van der Waals surface area contributed by atoms with Crippen molar-refractivity contribution in [2.75, 3.05) is 47.0 Å². The third kappa shape index (κ3) is 8.05. The average Bonchev–Trinajstić information content (AvgIpc) is 3.36. The number of carbonyl (C=O) groups excluding carboxylic acids is 1. The number of likely N-dealkylation sites (N-methyl/N-ethyl adjacent to an activating group) is 1. The zero-order valence-corrected chi connectivity index (χ0v) is 27.3. The molecule has 5 aliphatic rings. The molecule has 5 rings (SSSR count). The van der Waals surface area contributed by atoms with Gasteiger partial charge < -0.3 is 30.5 Å². The standard InChI is InChI=1S/C34H58N6O4/c1-24(22-41)40-28(15-16-34(43)17-20-39(21-18-34)29(42)10-7-19-38(2)3)30(31-32(35)36-23-37-33(31)40)25-11-13-27(14-12-25)44-26-8-5-4-6-9-26/h7,10,24-28,30-33,36-37,41,43H,4-6,8-9,11-14,17-23,35H2,1-3H3/b10-7+. The van der Waals surface area contributed by atoms with E-state index in [4.69, 9.17) is 10.5 Å². The third-order valence-corrected chi connectivity index (χ3v) is 10.9. The Morgan fingerprint density at radius 3 is 2.41 bits per heavy atom. The Labute approximate surface area is 265 Å². The van der Waals surface area contributed by atoms with E-state index in [9.17, 15) is 15.0 Å². The second kappa shape index (κ2) is 15.4. The lowest BCUT2D eigenvalue weighted by atomic mass is 9.70. The van der Waals surface area contributed by atoms with E-state index in [1.165, 1.54) is 32.1 Å². The molecule has 248 valence electrons. The lowest BCUT2D eigenvalue weighted by Crippen LogP contribution is -2.64. The van der Waals surface area contributed by atoms with Crippen molar-refractivity contribution in [3.8, 4) is 11.8 Å². The molecule has 0 aromatic carbocycles. The summed E-state index contributed by atoms with van der Waals surface area (Å²) in [5.74, 6) is 7.69. The predicted octanol–water partition coefficient (Wildman–Crippen LogP) is 1.43. The Hall–Kier alpha value is -1.55. The van der Waals surface area contributed by atoms with Gasteiger partial charge in [0.1, 0.15) is 5.60 Å². The van der Waals surface area contributed by atoms with Crippen LogP contribution < -0.4 is 16.4 Å². The largest absolute Gasteiger partial charge is 0.395 e. The predicted molar refractivity (Wildman–Crippen MR) is 172 cm³/mol. The molecule has 0 spiro atoms. The minimum Gasteiger partial charge on any atom is -0.395 e. The van der Waals surface area contributed by atoms with Gasteiger partial charge in [0.25, 0.3) is 0 Å². The minimum atomic E-state index is -1.14. The van der Waals surface area contributed by atoms with Crippen molar-refractivity contribution in [2.24, 2.45) is 23.5 Å². The van der Waals surface area contributed by atoms with Gasteiger partial charge in [-0.15, -0.1) is 0 Å². The molecule has 10 heteroatoms. The van der Waals surface area contributed by atoms with Crippen LogP contribution in [0.2, 0.25) is 0 Å². The number of nitrogens with two attached hydrogens (primary N) is 1. The first-order valence-corrected chi connectivity index (χ1v) is 17.3. The van der Waals surface area contributed by atoms with Crippen molar-refractivity contribution in [3.05, 3.63) is 12.2 Å². The number of likely N-dealkylation sites (tertiary alicyclic amines) is 2. The summed E-state index contributed by atoms with van der Waals surface area (Å²) in [7, 11) is 3.94. The van der Waals surface area contributed by atoms with E-state index in [1.807, 2.05) is 25.1 Å². The second-order valence-corrected chi connectivity index (χ2v) is 14.4. The summed E-state index contributed by atoms with van der Waals surface area (Å²) in [5, 5.41) is 29.0. The van der Waals surface area contributed by atoms with E-state index < -0.39 is 5.60 Å². The minimum absolute atomic E-state index is 0.0111. The Morgan fingerprint density at radius 1 is 1.07 bits per heavy atom. The van der Waals surface area contributed by atoms with E-state index in [-0.39, 0.29) is 48.8 Å². The molecule has 10 nitrogen and oxygen atoms in total. The van der Waals surface area contributed by atoms with Crippen LogP contribution in [0, 0.1) is 29.6 Å². The molecular weight excluding hydrogens is 556 g/mol. The summed E-state index contributed by atoms with van der Waals surface area (Å²) < 4.78 is 6.58. The highest BCUT2D eigenvalue weighted by atomic mass is 16.5. The van der Waals surface area contributed by atoms with Crippen molar-refractivity contribution in [2.45, 2.75) is 120 Å². The third-order valence-electron chi connectivity index (χ3n) is 10.9. The number of ether oxygens (including phenoxy) is 1. The number of amides is 1. The molecule has 3 heterocycles. The fourth-order valence-electron chi connectivity index (χ4n) is 8.45. The summed E-state index contributed by atoms with van der Waals surface area (Å²) in [6.07, 6.45) is 15.6. The number of hydrogen-bond acceptors (Lipinski definition) is 9. The number of fused-ring (bicyclic) bond motifs is 1. The maximum Gasteiger partial charge on any atom is 0.246 e. The van der Waals surface area contributed by atoms with Crippen LogP contribution in [0.15, 0.2) is 12.2 Å². The summed E-state index contributed by atoms with van der Waals surface area (Å²) in [4.78, 5) is 18.8. The molecule has 6 unspecified atom stereocenters. The summed E-state index contributed by atoms with van der Waals surface area (Å²) in [6, 6.07) is -0.234. The van der Waals surface area contributed by atoms with E-state index in [2.05, 4.69) is 34.3 Å². The molecular formula is C34H58N6O4. The average molecular weight is 615 g/mol. The molecule has 0 bridgehead atoms.